The van der Waals surface area contributed by atoms with E-state index in [-0.39, 0.29) is 0 Å². The molecule has 0 amide bonds. The molecule has 1 N–H and O–H groups in total. The Morgan fingerprint density at radius 1 is 1.12 bits per heavy atom. The van der Waals surface area contributed by atoms with Crippen molar-refractivity contribution in [3.63, 3.8) is 0 Å². The molecule has 0 atom stereocenters. The van der Waals surface area contributed by atoms with Crippen molar-refractivity contribution in [2.24, 2.45) is 0 Å². The number of nitrogens with one attached hydrogen (secondary N) is 1. The predicted octanol–water partition coefficient (Wildman–Crippen LogP) is 2.63. The summed E-state index contributed by atoms with van der Waals surface area (Å²) < 4.78 is 5.13. The lowest BCUT2D eigenvalue weighted by molar-refractivity contribution is 0.415. The van der Waals surface area contributed by atoms with Gasteiger partial charge in [0.15, 0.2) is 5.65 Å². The molecule has 0 unspecified atom stereocenters. The summed E-state index contributed by atoms with van der Waals surface area (Å²) in [6.45, 7) is 0. The van der Waals surface area contributed by atoms with Crippen LogP contribution in [0.3, 0.4) is 0 Å². The summed E-state index contributed by atoms with van der Waals surface area (Å²) in [7, 11) is 1.66. The largest absolute Gasteiger partial charge is 0.497 e. The molecule has 0 saturated carbocycles. The van der Waals surface area contributed by atoms with E-state index < -0.39 is 0 Å². The van der Waals surface area contributed by atoms with Crippen LogP contribution in [0.4, 0.5) is 0 Å². The summed E-state index contributed by atoms with van der Waals surface area (Å²) in [4.78, 5) is 3.23. The van der Waals surface area contributed by atoms with Gasteiger partial charge in [-0.2, -0.15) is 5.10 Å². The number of nitrogens with zero attached hydrogens (tertiary/aromatic N) is 2. The molecule has 1 aromatic carbocycles. The van der Waals surface area contributed by atoms with Gasteiger partial charge in [-0.15, -0.1) is 5.10 Å². The molecule has 0 saturated heterocycles. The standard InChI is InChI=1S/C13H11N3O/c1-17-11-4-2-9(3-5-11)12-8-10-6-7-14-16-13(10)15-12/h2-8H,1H3,(H,15,16). The lowest BCUT2D eigenvalue weighted by Gasteiger charge is -2.00. The number of benzene rings is 1. The lowest BCUT2D eigenvalue weighted by atomic mass is 10.1. The number of aromatic nitrogens is 3. The summed E-state index contributed by atoms with van der Waals surface area (Å²) in [5.41, 5.74) is 2.94. The molecule has 0 aliphatic heterocycles. The second-order valence-electron chi connectivity index (χ2n) is 3.75. The van der Waals surface area contributed by atoms with E-state index >= 15 is 0 Å². The van der Waals surface area contributed by atoms with Crippen LogP contribution in [0.2, 0.25) is 0 Å². The second kappa shape index (κ2) is 3.90. The van der Waals surface area contributed by atoms with Gasteiger partial charge in [-0.1, -0.05) is 0 Å². The van der Waals surface area contributed by atoms with Crippen molar-refractivity contribution in [2.45, 2.75) is 0 Å². The number of rotatable bonds is 2. The van der Waals surface area contributed by atoms with Crippen LogP contribution in [0.5, 0.6) is 5.75 Å². The Bertz CT molecular complexity index is 610. The van der Waals surface area contributed by atoms with Gasteiger partial charge in [0.2, 0.25) is 0 Å². The summed E-state index contributed by atoms with van der Waals surface area (Å²) in [5.74, 6) is 0.852. The maximum absolute atomic E-state index is 5.13. The first-order valence-electron chi connectivity index (χ1n) is 5.31. The third kappa shape index (κ3) is 1.73. The fourth-order valence-electron chi connectivity index (χ4n) is 1.80. The number of ether oxygens (including phenoxy) is 1. The van der Waals surface area contributed by atoms with Crippen LogP contribution in [0, 0.1) is 0 Å². The average molecular weight is 225 g/mol. The number of hydrogen-bond acceptors (Lipinski definition) is 3. The minimum absolute atomic E-state index is 0.804. The van der Waals surface area contributed by atoms with Crippen molar-refractivity contribution in [1.82, 2.24) is 15.2 Å². The number of methoxy groups -OCH3 is 1. The van der Waals surface area contributed by atoms with Gasteiger partial charge in [0.25, 0.3) is 0 Å². The van der Waals surface area contributed by atoms with Crippen LogP contribution in [0.1, 0.15) is 0 Å². The Balaban J connectivity index is 2.07. The van der Waals surface area contributed by atoms with E-state index in [0.29, 0.717) is 0 Å². The minimum atomic E-state index is 0.804. The van der Waals surface area contributed by atoms with Crippen molar-refractivity contribution < 1.29 is 4.74 Å². The zero-order chi connectivity index (χ0) is 11.7. The third-order valence-corrected chi connectivity index (χ3v) is 2.71. The first kappa shape index (κ1) is 9.84. The average Bonchev–Trinajstić information content (AvgIpc) is 2.82. The third-order valence-electron chi connectivity index (χ3n) is 2.71. The van der Waals surface area contributed by atoms with Gasteiger partial charge < -0.3 is 9.72 Å². The molecule has 2 aromatic heterocycles. The molecule has 4 nitrogen and oxygen atoms in total. The molecular formula is C13H11N3O. The van der Waals surface area contributed by atoms with Crippen molar-refractivity contribution in [1.29, 1.82) is 0 Å². The highest BCUT2D eigenvalue weighted by molar-refractivity contribution is 5.82. The van der Waals surface area contributed by atoms with Crippen LogP contribution < -0.4 is 4.74 Å². The lowest BCUT2D eigenvalue weighted by Crippen LogP contribution is -1.83. The molecule has 0 aliphatic rings. The number of H-pyrrole nitrogens is 1. The van der Waals surface area contributed by atoms with Crippen molar-refractivity contribution >= 4 is 11.0 Å². The van der Waals surface area contributed by atoms with Gasteiger partial charge in [0.05, 0.1) is 13.3 Å². The van der Waals surface area contributed by atoms with Gasteiger partial charge in [-0.25, -0.2) is 0 Å². The Kier molecular flexibility index (Phi) is 2.26. The predicted molar refractivity (Wildman–Crippen MR) is 65.9 cm³/mol. The summed E-state index contributed by atoms with van der Waals surface area (Å²) >= 11 is 0. The summed E-state index contributed by atoms with van der Waals surface area (Å²) in [6, 6.07) is 11.9. The second-order valence-corrected chi connectivity index (χ2v) is 3.75. The smallest absolute Gasteiger partial charge is 0.160 e. The first-order chi connectivity index (χ1) is 8.36. The van der Waals surface area contributed by atoms with Gasteiger partial charge in [0.1, 0.15) is 5.75 Å². The van der Waals surface area contributed by atoms with Crippen molar-refractivity contribution in [2.75, 3.05) is 7.11 Å². The fraction of sp³-hybridized carbons (Fsp3) is 0.0769. The zero-order valence-corrected chi connectivity index (χ0v) is 9.34. The molecule has 84 valence electrons. The van der Waals surface area contributed by atoms with Crippen LogP contribution in [-0.2, 0) is 0 Å². The first-order valence-corrected chi connectivity index (χ1v) is 5.31. The Hall–Kier alpha value is -2.36. The molecule has 3 aromatic rings. The highest BCUT2D eigenvalue weighted by atomic mass is 16.5. The van der Waals surface area contributed by atoms with Gasteiger partial charge in [-0.3, -0.25) is 0 Å². The van der Waals surface area contributed by atoms with E-state index in [1.807, 2.05) is 30.3 Å². The molecule has 4 heteroatoms. The van der Waals surface area contributed by atoms with Crippen molar-refractivity contribution in [3.8, 4) is 17.0 Å². The molecule has 0 fully saturated rings. The fourth-order valence-corrected chi connectivity index (χ4v) is 1.80. The van der Waals surface area contributed by atoms with Crippen LogP contribution >= 0.6 is 0 Å². The minimum Gasteiger partial charge on any atom is -0.497 e. The molecule has 3 rings (SSSR count). The molecule has 0 radical (unpaired) electrons. The number of fused-ring (bicyclic) bond motifs is 1. The Labute approximate surface area is 98.3 Å². The maximum Gasteiger partial charge on any atom is 0.160 e. The highest BCUT2D eigenvalue weighted by Crippen LogP contribution is 2.24. The van der Waals surface area contributed by atoms with E-state index in [1.54, 1.807) is 13.3 Å². The number of hydrogen-bond donors (Lipinski definition) is 1. The zero-order valence-electron chi connectivity index (χ0n) is 9.34. The summed E-state index contributed by atoms with van der Waals surface area (Å²) in [5, 5.41) is 8.94. The molecule has 0 spiro atoms. The molecule has 0 bridgehead atoms. The van der Waals surface area contributed by atoms with E-state index in [2.05, 4.69) is 21.2 Å². The SMILES string of the molecule is COc1ccc(-c2cc3ccnnc3[nH]2)cc1. The molecular weight excluding hydrogens is 214 g/mol. The van der Waals surface area contributed by atoms with Crippen LogP contribution in [-0.4, -0.2) is 22.3 Å². The van der Waals surface area contributed by atoms with E-state index in [4.69, 9.17) is 4.74 Å². The van der Waals surface area contributed by atoms with Crippen LogP contribution in [0.25, 0.3) is 22.3 Å². The molecule has 0 aliphatic carbocycles. The van der Waals surface area contributed by atoms with Gasteiger partial charge in [0, 0.05) is 11.1 Å². The molecule has 17 heavy (non-hydrogen) atoms. The highest BCUT2D eigenvalue weighted by Gasteiger charge is 2.03. The maximum atomic E-state index is 5.13. The van der Waals surface area contributed by atoms with Crippen molar-refractivity contribution in [3.05, 3.63) is 42.6 Å². The van der Waals surface area contributed by atoms with E-state index in [0.717, 1.165) is 28.0 Å². The van der Waals surface area contributed by atoms with Crippen LogP contribution in [0.15, 0.2) is 42.6 Å². The number of aromatic amines is 1. The van der Waals surface area contributed by atoms with Gasteiger partial charge >= 0.3 is 0 Å². The normalized spacial score (nSPS) is 10.6. The van der Waals surface area contributed by atoms with E-state index in [1.165, 1.54) is 0 Å². The van der Waals surface area contributed by atoms with Gasteiger partial charge in [-0.05, 0) is 42.0 Å². The monoisotopic (exact) mass is 225 g/mol. The van der Waals surface area contributed by atoms with E-state index in [9.17, 15) is 0 Å². The Morgan fingerprint density at radius 2 is 1.94 bits per heavy atom. The Morgan fingerprint density at radius 3 is 2.65 bits per heavy atom. The quantitative estimate of drug-likeness (QED) is 0.729. The summed E-state index contributed by atoms with van der Waals surface area (Å²) in [6.07, 6.45) is 1.69. The molecule has 2 heterocycles. The topological polar surface area (TPSA) is 50.8 Å².